The summed E-state index contributed by atoms with van der Waals surface area (Å²) in [5, 5.41) is 3.68. The Kier molecular flexibility index (Phi) is 4.77. The van der Waals surface area contributed by atoms with Gasteiger partial charge in [-0.05, 0) is 25.3 Å². The van der Waals surface area contributed by atoms with Gasteiger partial charge >= 0.3 is 0 Å². The number of anilines is 1. The Hall–Kier alpha value is -2.67. The molecule has 0 unspecified atom stereocenters. The Labute approximate surface area is 179 Å². The first-order valence-corrected chi connectivity index (χ1v) is 10.2. The van der Waals surface area contributed by atoms with Gasteiger partial charge in [0.1, 0.15) is 11.6 Å². The SMILES string of the molecule is CN(C)C(=O)c1cccc(-c2cnc3c(c2Cl)[C@@]2(CC[C@@](C)(C(N)=O)C2)CN3)c1F. The molecule has 2 atom stereocenters. The summed E-state index contributed by atoms with van der Waals surface area (Å²) in [5.41, 5.74) is 6.08. The molecule has 6 nitrogen and oxygen atoms in total. The third-order valence-corrected chi connectivity index (χ3v) is 6.94. The van der Waals surface area contributed by atoms with Crippen molar-refractivity contribution < 1.29 is 14.0 Å². The zero-order chi connectivity index (χ0) is 21.8. The van der Waals surface area contributed by atoms with Crippen LogP contribution < -0.4 is 11.1 Å². The molecule has 3 N–H and O–H groups in total. The summed E-state index contributed by atoms with van der Waals surface area (Å²) in [6, 6.07) is 4.68. The van der Waals surface area contributed by atoms with E-state index in [1.807, 2.05) is 6.92 Å². The summed E-state index contributed by atoms with van der Waals surface area (Å²) >= 11 is 6.84. The van der Waals surface area contributed by atoms with Crippen LogP contribution in [-0.2, 0) is 10.2 Å². The second-order valence-corrected chi connectivity index (χ2v) is 9.19. The number of fused-ring (bicyclic) bond motifs is 2. The van der Waals surface area contributed by atoms with Crippen molar-refractivity contribution >= 4 is 29.2 Å². The molecule has 1 fully saturated rings. The van der Waals surface area contributed by atoms with E-state index < -0.39 is 17.1 Å². The maximum Gasteiger partial charge on any atom is 0.256 e. The van der Waals surface area contributed by atoms with Gasteiger partial charge in [0.2, 0.25) is 5.91 Å². The van der Waals surface area contributed by atoms with E-state index in [0.29, 0.717) is 35.8 Å². The minimum atomic E-state index is -0.631. The molecule has 158 valence electrons. The summed E-state index contributed by atoms with van der Waals surface area (Å²) in [6.45, 7) is 2.48. The predicted molar refractivity (Wildman–Crippen MR) is 114 cm³/mol. The van der Waals surface area contributed by atoms with Crippen LogP contribution in [0.4, 0.5) is 10.2 Å². The lowest BCUT2D eigenvalue weighted by molar-refractivity contribution is -0.126. The van der Waals surface area contributed by atoms with E-state index in [1.54, 1.807) is 26.2 Å². The van der Waals surface area contributed by atoms with Crippen LogP contribution >= 0.6 is 11.6 Å². The average molecular weight is 431 g/mol. The van der Waals surface area contributed by atoms with E-state index in [2.05, 4.69) is 10.3 Å². The first-order chi connectivity index (χ1) is 14.1. The summed E-state index contributed by atoms with van der Waals surface area (Å²) < 4.78 is 15.3. The molecule has 0 radical (unpaired) electrons. The molecule has 1 aliphatic carbocycles. The summed E-state index contributed by atoms with van der Waals surface area (Å²) in [4.78, 5) is 30.2. The number of hydrogen-bond acceptors (Lipinski definition) is 4. The van der Waals surface area contributed by atoms with Crippen LogP contribution in [0.2, 0.25) is 5.02 Å². The standard InChI is InChI=1S/C22H24ClFN4O2/c1-21(20(25)30)7-8-22(10-21)11-27-18-15(22)16(23)14(9-26-18)12-5-4-6-13(17(12)24)19(29)28(2)3/h4-6,9H,7-8,10-11H2,1-3H3,(H2,25,30)(H,26,27)/t21-,22-/m1/s1. The maximum atomic E-state index is 15.3. The first kappa shape index (κ1) is 20.6. The van der Waals surface area contributed by atoms with E-state index in [1.165, 1.54) is 17.2 Å². The number of carbonyl (C=O) groups is 2. The molecule has 2 heterocycles. The number of nitrogens with two attached hydrogens (primary N) is 1. The van der Waals surface area contributed by atoms with Crippen LogP contribution in [0.5, 0.6) is 0 Å². The monoisotopic (exact) mass is 430 g/mol. The molecule has 1 aromatic heterocycles. The van der Waals surface area contributed by atoms with Crippen molar-refractivity contribution in [3.05, 3.63) is 46.4 Å². The molecule has 1 spiro atoms. The molecule has 2 aromatic rings. The Morgan fingerprint density at radius 2 is 2.00 bits per heavy atom. The molecule has 2 aliphatic rings. The van der Waals surface area contributed by atoms with E-state index in [-0.39, 0.29) is 22.4 Å². The highest BCUT2D eigenvalue weighted by Crippen LogP contribution is 2.57. The smallest absolute Gasteiger partial charge is 0.256 e. The lowest BCUT2D eigenvalue weighted by atomic mass is 9.76. The van der Waals surface area contributed by atoms with Crippen molar-refractivity contribution in [1.29, 1.82) is 0 Å². The van der Waals surface area contributed by atoms with Gasteiger partial charge < -0.3 is 16.0 Å². The maximum absolute atomic E-state index is 15.3. The number of rotatable bonds is 3. The lowest BCUT2D eigenvalue weighted by Gasteiger charge is -2.27. The number of aromatic nitrogens is 1. The van der Waals surface area contributed by atoms with Crippen molar-refractivity contribution in [3.63, 3.8) is 0 Å². The van der Waals surface area contributed by atoms with Gasteiger partial charge in [-0.2, -0.15) is 0 Å². The number of benzene rings is 1. The van der Waals surface area contributed by atoms with Gasteiger partial charge in [-0.3, -0.25) is 9.59 Å². The molecule has 0 bridgehead atoms. The molecule has 2 amide bonds. The third kappa shape index (κ3) is 2.95. The number of nitrogens with zero attached hydrogens (tertiary/aromatic N) is 2. The van der Waals surface area contributed by atoms with Crippen LogP contribution in [0.25, 0.3) is 11.1 Å². The first-order valence-electron chi connectivity index (χ1n) is 9.83. The number of amides is 2. The summed E-state index contributed by atoms with van der Waals surface area (Å²) in [6.07, 6.45) is 3.48. The normalized spacial score (nSPS) is 24.6. The largest absolute Gasteiger partial charge is 0.369 e. The number of pyridine rings is 1. The van der Waals surface area contributed by atoms with E-state index >= 15 is 4.39 Å². The minimum absolute atomic E-state index is 0.0240. The number of carbonyl (C=O) groups excluding carboxylic acids is 2. The highest BCUT2D eigenvalue weighted by molar-refractivity contribution is 6.34. The third-order valence-electron chi connectivity index (χ3n) is 6.54. The second-order valence-electron chi connectivity index (χ2n) is 8.81. The molecule has 30 heavy (non-hydrogen) atoms. The van der Waals surface area contributed by atoms with Gasteiger partial charge in [-0.15, -0.1) is 0 Å². The van der Waals surface area contributed by atoms with Crippen molar-refractivity contribution in [1.82, 2.24) is 9.88 Å². The fraction of sp³-hybridized carbons (Fsp3) is 0.409. The average Bonchev–Trinajstić information content (AvgIpc) is 3.24. The number of nitrogens with one attached hydrogen (secondary N) is 1. The minimum Gasteiger partial charge on any atom is -0.369 e. The second kappa shape index (κ2) is 6.94. The zero-order valence-corrected chi connectivity index (χ0v) is 17.9. The van der Waals surface area contributed by atoms with Gasteiger partial charge in [0, 0.05) is 54.4 Å². The molecular weight excluding hydrogens is 407 g/mol. The molecule has 1 saturated carbocycles. The summed E-state index contributed by atoms with van der Waals surface area (Å²) in [7, 11) is 3.15. The molecule has 4 rings (SSSR count). The predicted octanol–water partition coefficient (Wildman–Crippen LogP) is 3.58. The molecule has 8 heteroatoms. The molecular formula is C22H24ClFN4O2. The fourth-order valence-electron chi connectivity index (χ4n) is 4.80. The van der Waals surface area contributed by atoms with Gasteiger partial charge in [0.15, 0.2) is 0 Å². The molecule has 0 saturated heterocycles. The quantitative estimate of drug-likeness (QED) is 0.778. The molecule has 1 aliphatic heterocycles. The van der Waals surface area contributed by atoms with E-state index in [0.717, 1.165) is 12.0 Å². The number of hydrogen-bond donors (Lipinski definition) is 2. The summed E-state index contributed by atoms with van der Waals surface area (Å²) in [5.74, 6) is -0.730. The Morgan fingerprint density at radius 1 is 1.27 bits per heavy atom. The van der Waals surface area contributed by atoms with Crippen molar-refractivity contribution in [2.75, 3.05) is 26.0 Å². The topological polar surface area (TPSA) is 88.3 Å². The van der Waals surface area contributed by atoms with Crippen LogP contribution in [0.1, 0.15) is 42.1 Å². The fourth-order valence-corrected chi connectivity index (χ4v) is 5.24. The van der Waals surface area contributed by atoms with Crippen LogP contribution in [-0.4, -0.2) is 42.3 Å². The number of halogens is 2. The molecule has 1 aromatic carbocycles. The van der Waals surface area contributed by atoms with Crippen LogP contribution in [0.3, 0.4) is 0 Å². The Morgan fingerprint density at radius 3 is 2.63 bits per heavy atom. The van der Waals surface area contributed by atoms with Crippen molar-refractivity contribution in [3.8, 4) is 11.1 Å². The Balaban J connectivity index is 1.83. The van der Waals surface area contributed by atoms with Crippen molar-refractivity contribution in [2.24, 2.45) is 11.1 Å². The van der Waals surface area contributed by atoms with Crippen molar-refractivity contribution in [2.45, 2.75) is 31.6 Å². The van der Waals surface area contributed by atoms with Crippen LogP contribution in [0.15, 0.2) is 24.4 Å². The Bertz CT molecular complexity index is 1070. The zero-order valence-electron chi connectivity index (χ0n) is 17.2. The van der Waals surface area contributed by atoms with Crippen LogP contribution in [0, 0.1) is 11.2 Å². The van der Waals surface area contributed by atoms with E-state index in [9.17, 15) is 9.59 Å². The number of primary amides is 1. The van der Waals surface area contributed by atoms with Gasteiger partial charge in [-0.25, -0.2) is 9.37 Å². The van der Waals surface area contributed by atoms with Gasteiger partial charge in [-0.1, -0.05) is 30.7 Å². The van der Waals surface area contributed by atoms with E-state index in [4.69, 9.17) is 17.3 Å². The van der Waals surface area contributed by atoms with Gasteiger partial charge in [0.05, 0.1) is 10.6 Å². The highest BCUT2D eigenvalue weighted by atomic mass is 35.5. The lowest BCUT2D eigenvalue weighted by Crippen LogP contribution is -2.35. The van der Waals surface area contributed by atoms with Gasteiger partial charge in [0.25, 0.3) is 5.91 Å². The highest BCUT2D eigenvalue weighted by Gasteiger charge is 2.53.